The van der Waals surface area contributed by atoms with Gasteiger partial charge in [-0.3, -0.25) is 19.2 Å². The molecule has 0 bridgehead atoms. The van der Waals surface area contributed by atoms with Crippen molar-refractivity contribution in [2.75, 3.05) is 23.1 Å². The molecule has 4 N–H and O–H groups in total. The van der Waals surface area contributed by atoms with E-state index in [2.05, 4.69) is 21.3 Å². The molecule has 1 atom stereocenters. The Morgan fingerprint density at radius 1 is 0.788 bits per heavy atom. The van der Waals surface area contributed by atoms with Crippen LogP contribution in [0.3, 0.4) is 0 Å². The van der Waals surface area contributed by atoms with Gasteiger partial charge in [0.1, 0.15) is 10.7 Å². The maximum Gasteiger partial charge on any atom is 0.341 e. The van der Waals surface area contributed by atoms with Gasteiger partial charge in [-0.1, -0.05) is 66.2 Å². The van der Waals surface area contributed by atoms with Crippen LogP contribution in [0.15, 0.2) is 120 Å². The number of carbonyl (C=O) groups is 5. The van der Waals surface area contributed by atoms with Crippen LogP contribution in [0.1, 0.15) is 48.4 Å². The molecule has 52 heavy (non-hydrogen) atoms. The summed E-state index contributed by atoms with van der Waals surface area (Å²) < 4.78 is 4.96. The van der Waals surface area contributed by atoms with Crippen molar-refractivity contribution in [1.82, 2.24) is 5.32 Å². The highest BCUT2D eigenvalue weighted by Gasteiger charge is 2.28. The number of esters is 1. The van der Waals surface area contributed by atoms with Gasteiger partial charge in [-0.2, -0.15) is 0 Å². The lowest BCUT2D eigenvalue weighted by molar-refractivity contribution is -0.115. The number of hydrogen-bond acceptors (Lipinski definition) is 8. The fourth-order valence-electron chi connectivity index (χ4n) is 4.86. The van der Waals surface area contributed by atoms with Gasteiger partial charge in [0.05, 0.1) is 22.8 Å². The van der Waals surface area contributed by atoms with Crippen molar-refractivity contribution in [3.05, 3.63) is 147 Å². The molecule has 5 rings (SSSR count). The number of thiophene rings is 1. The minimum atomic E-state index is -0.684. The van der Waals surface area contributed by atoms with Crippen LogP contribution in [0.25, 0.3) is 6.08 Å². The molecule has 1 unspecified atom stereocenters. The molecule has 1 aromatic heterocycles. The van der Waals surface area contributed by atoms with Crippen LogP contribution in [0.5, 0.6) is 0 Å². The lowest BCUT2D eigenvalue weighted by Gasteiger charge is -2.14. The fraction of sp³-hybridized carbons (Fsp3) is 0.103. The maximum atomic E-state index is 13.5. The normalized spacial score (nSPS) is 11.6. The zero-order chi connectivity index (χ0) is 37.2. The standard InChI is InChI=1S/C39H33ClN4O6S2/c1-23-32(39(49)50-3)38(52-33(23)37(48)41-28-13-8-5-9-14-28)44-34(45)24(2)51-30-16-10-15-29(22-30)42-36(47)31(21-25-17-19-27(40)20-18-25)43-35(46)26-11-6-4-7-12-26/h4-22,24H,1-3H3,(H,41,48)(H,42,47)(H,43,46)(H,44,45)/b31-21+. The van der Waals surface area contributed by atoms with Crippen molar-refractivity contribution in [3.8, 4) is 0 Å². The number of amides is 4. The predicted molar refractivity (Wildman–Crippen MR) is 207 cm³/mol. The van der Waals surface area contributed by atoms with Crippen LogP contribution < -0.4 is 21.3 Å². The Kier molecular flexibility index (Phi) is 12.6. The number of benzene rings is 4. The SMILES string of the molecule is COC(=O)c1c(NC(=O)C(C)Sc2cccc(NC(=O)/C(=C\c3ccc(Cl)cc3)NC(=O)c3ccccc3)c2)sc(C(=O)Nc2ccccc2)c1C. The molecule has 10 nitrogen and oxygen atoms in total. The highest BCUT2D eigenvalue weighted by Crippen LogP contribution is 2.35. The Bertz CT molecular complexity index is 2140. The first-order chi connectivity index (χ1) is 25.0. The highest BCUT2D eigenvalue weighted by atomic mass is 35.5. The average molecular weight is 753 g/mol. The number of nitrogens with one attached hydrogen (secondary N) is 4. The number of hydrogen-bond donors (Lipinski definition) is 4. The van der Waals surface area contributed by atoms with Crippen LogP contribution >= 0.6 is 34.7 Å². The summed E-state index contributed by atoms with van der Waals surface area (Å²) in [6.45, 7) is 3.32. The van der Waals surface area contributed by atoms with E-state index in [1.165, 1.54) is 18.9 Å². The minimum Gasteiger partial charge on any atom is -0.465 e. The second kappa shape index (κ2) is 17.5. The van der Waals surface area contributed by atoms with E-state index < -0.39 is 34.8 Å². The number of anilines is 3. The average Bonchev–Trinajstić information content (AvgIpc) is 3.47. The van der Waals surface area contributed by atoms with Crippen molar-refractivity contribution in [2.24, 2.45) is 0 Å². The molecule has 0 radical (unpaired) electrons. The number of carbonyl (C=O) groups excluding carboxylic acids is 5. The van der Waals surface area contributed by atoms with Crippen molar-refractivity contribution in [3.63, 3.8) is 0 Å². The summed E-state index contributed by atoms with van der Waals surface area (Å²) in [5.41, 5.74) is 2.52. The van der Waals surface area contributed by atoms with Gasteiger partial charge in [-0.05, 0) is 85.6 Å². The quantitative estimate of drug-likeness (QED) is 0.0571. The molecule has 264 valence electrons. The molecular formula is C39H33ClN4O6S2. The molecule has 0 aliphatic rings. The van der Waals surface area contributed by atoms with Gasteiger partial charge >= 0.3 is 5.97 Å². The molecular weight excluding hydrogens is 720 g/mol. The van der Waals surface area contributed by atoms with E-state index in [-0.39, 0.29) is 21.1 Å². The van der Waals surface area contributed by atoms with Crippen LogP contribution in [0, 0.1) is 6.92 Å². The van der Waals surface area contributed by atoms with Crippen LogP contribution in [-0.2, 0) is 14.3 Å². The lowest BCUT2D eigenvalue weighted by atomic mass is 10.1. The number of rotatable bonds is 12. The lowest BCUT2D eigenvalue weighted by Crippen LogP contribution is -2.30. The number of halogens is 1. The summed E-state index contributed by atoms with van der Waals surface area (Å²) in [5, 5.41) is 11.2. The second-order valence-electron chi connectivity index (χ2n) is 11.2. The first-order valence-electron chi connectivity index (χ1n) is 15.8. The highest BCUT2D eigenvalue weighted by molar-refractivity contribution is 8.00. The van der Waals surface area contributed by atoms with Gasteiger partial charge in [-0.15, -0.1) is 23.1 Å². The summed E-state index contributed by atoms with van der Waals surface area (Å²) in [5.74, 6) is -2.55. The molecule has 0 aliphatic heterocycles. The smallest absolute Gasteiger partial charge is 0.341 e. The third-order valence-corrected chi connectivity index (χ3v) is 10.0. The van der Waals surface area contributed by atoms with Crippen molar-refractivity contribution in [2.45, 2.75) is 24.0 Å². The third kappa shape index (κ3) is 9.75. The molecule has 0 fully saturated rings. The monoisotopic (exact) mass is 752 g/mol. The predicted octanol–water partition coefficient (Wildman–Crippen LogP) is 8.28. The molecule has 0 saturated heterocycles. The van der Waals surface area contributed by atoms with E-state index in [9.17, 15) is 24.0 Å². The van der Waals surface area contributed by atoms with Gasteiger partial charge in [0.2, 0.25) is 5.91 Å². The zero-order valence-electron chi connectivity index (χ0n) is 28.2. The molecule has 0 spiro atoms. The Morgan fingerprint density at radius 3 is 2.12 bits per heavy atom. The number of para-hydroxylation sites is 1. The Hall–Kier alpha value is -5.69. The first-order valence-corrected chi connectivity index (χ1v) is 17.9. The van der Waals surface area contributed by atoms with E-state index in [1.807, 2.05) is 6.07 Å². The molecule has 4 aromatic carbocycles. The van der Waals surface area contributed by atoms with Gasteiger partial charge < -0.3 is 26.0 Å². The summed E-state index contributed by atoms with van der Waals surface area (Å²) in [6.07, 6.45) is 1.54. The number of methoxy groups -OCH3 is 1. The largest absolute Gasteiger partial charge is 0.465 e. The molecule has 5 aromatic rings. The van der Waals surface area contributed by atoms with E-state index >= 15 is 0 Å². The molecule has 0 aliphatic carbocycles. The number of ether oxygens (including phenoxy) is 1. The van der Waals surface area contributed by atoms with E-state index in [4.69, 9.17) is 16.3 Å². The summed E-state index contributed by atoms with van der Waals surface area (Å²) in [7, 11) is 1.23. The first kappa shape index (κ1) is 37.6. The third-order valence-electron chi connectivity index (χ3n) is 7.49. The fourth-order valence-corrected chi connectivity index (χ4v) is 7.01. The molecule has 13 heteroatoms. The van der Waals surface area contributed by atoms with Crippen molar-refractivity contribution >= 4 is 86.7 Å². The van der Waals surface area contributed by atoms with Crippen LogP contribution in [-0.4, -0.2) is 42.0 Å². The van der Waals surface area contributed by atoms with Gasteiger partial charge in [0.15, 0.2) is 0 Å². The van der Waals surface area contributed by atoms with E-state index in [1.54, 1.807) is 123 Å². The van der Waals surface area contributed by atoms with Crippen molar-refractivity contribution < 1.29 is 28.7 Å². The second-order valence-corrected chi connectivity index (χ2v) is 14.1. The minimum absolute atomic E-state index is 0.00597. The summed E-state index contributed by atoms with van der Waals surface area (Å²) in [4.78, 5) is 66.7. The van der Waals surface area contributed by atoms with Gasteiger partial charge in [0.25, 0.3) is 17.7 Å². The summed E-state index contributed by atoms with van der Waals surface area (Å²) in [6, 6.07) is 31.1. The van der Waals surface area contributed by atoms with Crippen molar-refractivity contribution in [1.29, 1.82) is 0 Å². The van der Waals surface area contributed by atoms with E-state index in [0.29, 0.717) is 38.0 Å². The van der Waals surface area contributed by atoms with Gasteiger partial charge in [0, 0.05) is 26.9 Å². The van der Waals surface area contributed by atoms with Crippen LogP contribution in [0.4, 0.5) is 16.4 Å². The van der Waals surface area contributed by atoms with Crippen LogP contribution in [0.2, 0.25) is 5.02 Å². The van der Waals surface area contributed by atoms with E-state index in [0.717, 1.165) is 11.3 Å². The molecule has 4 amide bonds. The Labute approximate surface area is 313 Å². The Balaban J connectivity index is 1.29. The maximum absolute atomic E-state index is 13.5. The topological polar surface area (TPSA) is 143 Å². The van der Waals surface area contributed by atoms with Gasteiger partial charge in [-0.25, -0.2) is 4.79 Å². The Morgan fingerprint density at radius 2 is 1.44 bits per heavy atom. The zero-order valence-corrected chi connectivity index (χ0v) is 30.6. The molecule has 0 saturated carbocycles. The summed E-state index contributed by atoms with van der Waals surface area (Å²) >= 11 is 8.23. The molecule has 1 heterocycles. The number of thioether (sulfide) groups is 1.